The monoisotopic (exact) mass is 1910 g/mol. The van der Waals surface area contributed by atoms with Crippen LogP contribution in [0.4, 0.5) is 0 Å². The van der Waals surface area contributed by atoms with E-state index in [2.05, 4.69) is 437 Å². The number of fused-ring (bicyclic) bond motifs is 18. The minimum atomic E-state index is -0.219. The second-order valence-electron chi connectivity index (χ2n) is 42.0. The fourth-order valence-electron chi connectivity index (χ4n) is 26.3. The lowest BCUT2D eigenvalue weighted by molar-refractivity contribution is 0.660. The largest absolute Gasteiger partial charge is 0.278 e. The number of hydrogen-bond acceptors (Lipinski definition) is 9. The molecule has 0 aliphatic heterocycles. The Morgan fingerprint density at radius 2 is 0.407 bits per heavy atom. The van der Waals surface area contributed by atoms with Gasteiger partial charge in [0.15, 0.2) is 34.9 Å². The van der Waals surface area contributed by atoms with Gasteiger partial charge in [0.25, 0.3) is 0 Å². The second-order valence-corrected chi connectivity index (χ2v) is 42.0. The molecule has 0 amide bonds. The van der Waals surface area contributed by atoms with E-state index in [0.717, 1.165) is 66.5 Å². The minimum Gasteiger partial charge on any atom is -0.278 e. The van der Waals surface area contributed by atoms with E-state index in [9.17, 15) is 0 Å². The van der Waals surface area contributed by atoms with Crippen LogP contribution in [0.1, 0.15) is 74.9 Å². The normalized spacial score (nSPS) is 13.6. The van der Waals surface area contributed by atoms with Crippen LogP contribution in [0, 0.1) is 0 Å². The van der Waals surface area contributed by atoms with Crippen molar-refractivity contribution >= 4 is 97.7 Å². The average Bonchev–Trinajstić information content (AvgIpc) is 1.54. The van der Waals surface area contributed by atoms with Gasteiger partial charge in [-0.05, 0) is 214 Å². The summed E-state index contributed by atoms with van der Waals surface area (Å²) in [6, 6.07) is 157. The molecular formula is C138H90N12. The van der Waals surface area contributed by atoms with Crippen molar-refractivity contribution in [2.24, 2.45) is 0 Å². The van der Waals surface area contributed by atoms with Crippen molar-refractivity contribution < 1.29 is 0 Å². The standard InChI is InChI=1S/3C46H30N4/c1-46(2)36-23-9-8-18-31(36)34-21-11-22-35(42(34)46)44-47-43(28-13-4-3-5-14-28)48-45(49-44)50-37-24-12-20-33-30-17-7-6-16-29(30)32-19-10-15-27-25-26-38(50)41(39(27)32)40(33)37;1-46(2)36-20-9-8-17-32(36)33-24-22-29(26-37(33)46)44-47-43(28-12-4-3-5-13-28)48-45(49-44)50-38-21-11-19-35-31-16-7-6-15-30(31)34-18-10-14-27-23-25-39(50)42(40(27)34)41(35)38;1-46(2)36-20-9-8-17-32(36)35-26-29(22-24-37(35)46)44-47-43(28-12-4-3-5-13-28)48-45(49-44)50-38-21-11-19-34-31-16-7-6-15-30(31)33-18-10-14-27-23-25-39(50)42(40(27)33)41(34)38/h3*3-26H,1-2H3. The zero-order valence-corrected chi connectivity index (χ0v) is 82.9. The van der Waals surface area contributed by atoms with Crippen molar-refractivity contribution in [2.75, 3.05) is 0 Å². The lowest BCUT2D eigenvalue weighted by Crippen LogP contribution is -2.17. The van der Waals surface area contributed by atoms with Gasteiger partial charge in [0.05, 0.1) is 33.1 Å². The molecule has 702 valence electrons. The van der Waals surface area contributed by atoms with E-state index in [1.165, 1.54) is 198 Å². The molecule has 12 nitrogen and oxygen atoms in total. The molecule has 27 aromatic rings. The molecule has 12 heteroatoms. The molecule has 0 saturated heterocycles. The van der Waals surface area contributed by atoms with Crippen molar-refractivity contribution in [3.05, 3.63) is 470 Å². The fourth-order valence-corrected chi connectivity index (χ4v) is 26.3. The third-order valence-electron chi connectivity index (χ3n) is 33.0. The van der Waals surface area contributed by atoms with Crippen LogP contribution in [0.25, 0.3) is 284 Å². The molecule has 6 aliphatic carbocycles. The van der Waals surface area contributed by atoms with Gasteiger partial charge in [0, 0.05) is 81.9 Å². The first-order valence-corrected chi connectivity index (χ1v) is 51.6. The summed E-state index contributed by atoms with van der Waals surface area (Å²) in [4.78, 5) is 47.4. The lowest BCUT2D eigenvalue weighted by Gasteiger charge is -2.24. The molecule has 21 aromatic carbocycles. The Hall–Kier alpha value is -19.2. The van der Waals surface area contributed by atoms with Gasteiger partial charge in [-0.3, -0.25) is 13.7 Å². The van der Waals surface area contributed by atoms with Crippen LogP contribution in [0.15, 0.2) is 437 Å². The van der Waals surface area contributed by atoms with E-state index in [4.69, 9.17) is 44.9 Å². The highest BCUT2D eigenvalue weighted by molar-refractivity contribution is 6.34. The zero-order chi connectivity index (χ0) is 99.4. The van der Waals surface area contributed by atoms with E-state index in [1.54, 1.807) is 0 Å². The second kappa shape index (κ2) is 31.9. The summed E-state index contributed by atoms with van der Waals surface area (Å²) in [5.41, 5.74) is 42.4. The molecule has 33 rings (SSSR count). The van der Waals surface area contributed by atoms with Crippen molar-refractivity contribution in [2.45, 2.75) is 57.8 Å². The minimum absolute atomic E-state index is 0.0736. The van der Waals surface area contributed by atoms with E-state index in [0.29, 0.717) is 52.8 Å². The molecule has 0 unspecified atom stereocenters. The first-order valence-electron chi connectivity index (χ1n) is 51.6. The van der Waals surface area contributed by atoms with Gasteiger partial charge in [0.1, 0.15) is 0 Å². The zero-order valence-electron chi connectivity index (χ0n) is 82.9. The Morgan fingerprint density at radius 1 is 0.147 bits per heavy atom. The summed E-state index contributed by atoms with van der Waals surface area (Å²) in [6.45, 7) is 13.9. The van der Waals surface area contributed by atoms with Gasteiger partial charge in [-0.25, -0.2) is 15.0 Å². The molecule has 6 aromatic heterocycles. The van der Waals surface area contributed by atoms with Crippen LogP contribution in [-0.2, 0) is 16.2 Å². The fraction of sp³-hybridized carbons (Fsp3) is 0.0652. The summed E-state index contributed by atoms with van der Waals surface area (Å²) >= 11 is 0. The number of hydrogen-bond donors (Lipinski definition) is 0. The third-order valence-corrected chi connectivity index (χ3v) is 33.0. The molecular weight excluding hydrogens is 1830 g/mol. The Kier molecular flexibility index (Phi) is 18.1. The van der Waals surface area contributed by atoms with E-state index >= 15 is 0 Å². The Balaban J connectivity index is 0.000000101. The van der Waals surface area contributed by atoms with Crippen LogP contribution in [0.5, 0.6) is 0 Å². The maximum Gasteiger partial charge on any atom is 0.238 e. The Morgan fingerprint density at radius 3 is 0.807 bits per heavy atom. The maximum absolute atomic E-state index is 5.41. The molecule has 0 fully saturated rings. The first kappa shape index (κ1) is 85.3. The van der Waals surface area contributed by atoms with Gasteiger partial charge in [0.2, 0.25) is 17.8 Å². The Bertz CT molecular complexity index is 10600. The third kappa shape index (κ3) is 12.3. The lowest BCUT2D eigenvalue weighted by atomic mass is 9.80. The molecule has 0 radical (unpaired) electrons. The average molecular weight is 1920 g/mol. The molecule has 0 spiro atoms. The molecule has 6 heterocycles. The predicted molar refractivity (Wildman–Crippen MR) is 614 cm³/mol. The summed E-state index contributed by atoms with van der Waals surface area (Å²) < 4.78 is 6.77. The van der Waals surface area contributed by atoms with Gasteiger partial charge in [-0.1, -0.05) is 430 Å². The number of rotatable bonds is 9. The number of aromatic nitrogens is 12. The SMILES string of the molecule is CC1(C)c2ccccc2-c2cc(-c3nc(-c4ccccc4)nc(-n4c5cccc6c5c5c7c(cccc7ccc54)-c4ccccc4-6)n3)ccc21.CC1(C)c2ccccc2-c2ccc(-c3nc(-c4ccccc4)nc(-n4c5cccc6c5c5c7c(cccc7ccc54)-c4ccccc4-6)n3)cc21.CC1(C)c2ccccc2-c2cccc(-c3nc(-c4ccccc4)nc(-n4c5cccc6c5c5c7c(cccc7ccc54)-c4ccccc4-6)n3)c21. The van der Waals surface area contributed by atoms with Crippen molar-refractivity contribution in [3.63, 3.8) is 0 Å². The van der Waals surface area contributed by atoms with Gasteiger partial charge in [-0.2, -0.15) is 29.9 Å². The van der Waals surface area contributed by atoms with E-state index in [1.807, 2.05) is 54.6 Å². The predicted octanol–water partition coefficient (Wildman–Crippen LogP) is 34.2. The van der Waals surface area contributed by atoms with Crippen LogP contribution in [-0.4, -0.2) is 58.6 Å². The smallest absolute Gasteiger partial charge is 0.238 e. The molecule has 0 N–H and O–H groups in total. The number of nitrogens with zero attached hydrogens (tertiary/aromatic N) is 12. The van der Waals surface area contributed by atoms with Crippen molar-refractivity contribution in [3.8, 4) is 186 Å². The van der Waals surface area contributed by atoms with E-state index in [-0.39, 0.29) is 16.2 Å². The van der Waals surface area contributed by atoms with Gasteiger partial charge in [-0.15, -0.1) is 0 Å². The van der Waals surface area contributed by atoms with E-state index < -0.39 is 0 Å². The van der Waals surface area contributed by atoms with Crippen LogP contribution >= 0.6 is 0 Å². The molecule has 6 aliphatic rings. The quantitative estimate of drug-likeness (QED) is 0.139. The molecule has 0 atom stereocenters. The maximum atomic E-state index is 5.41. The van der Waals surface area contributed by atoms with Crippen LogP contribution in [0.2, 0.25) is 0 Å². The first-order chi connectivity index (χ1) is 73.7. The summed E-state index contributed by atoms with van der Waals surface area (Å²) in [6.07, 6.45) is 0. The topological polar surface area (TPSA) is 131 Å². The van der Waals surface area contributed by atoms with Crippen molar-refractivity contribution in [1.82, 2.24) is 58.6 Å². The highest BCUT2D eigenvalue weighted by Crippen LogP contribution is 2.59. The summed E-state index contributed by atoms with van der Waals surface area (Å²) in [5.74, 6) is 5.78. The van der Waals surface area contributed by atoms with Crippen molar-refractivity contribution in [1.29, 1.82) is 0 Å². The Labute approximate surface area is 864 Å². The van der Waals surface area contributed by atoms with Crippen LogP contribution < -0.4 is 0 Å². The molecule has 0 bridgehead atoms. The number of benzene rings is 21. The van der Waals surface area contributed by atoms with Crippen LogP contribution in [0.3, 0.4) is 0 Å². The molecule has 0 saturated carbocycles. The highest BCUT2D eigenvalue weighted by Gasteiger charge is 2.42. The van der Waals surface area contributed by atoms with Gasteiger partial charge < -0.3 is 0 Å². The van der Waals surface area contributed by atoms with Gasteiger partial charge >= 0.3 is 0 Å². The summed E-state index contributed by atoms with van der Waals surface area (Å²) in [7, 11) is 0. The summed E-state index contributed by atoms with van der Waals surface area (Å²) in [5, 5.41) is 14.9. The highest BCUT2D eigenvalue weighted by atomic mass is 15.2. The molecule has 150 heavy (non-hydrogen) atoms.